The number of thiophene rings is 1. The van der Waals surface area contributed by atoms with Crippen LogP contribution in [-0.4, -0.2) is 21.0 Å². The summed E-state index contributed by atoms with van der Waals surface area (Å²) < 4.78 is 0. The molecule has 8 heteroatoms. The van der Waals surface area contributed by atoms with Crippen LogP contribution in [0.4, 0.5) is 5.95 Å². The molecule has 0 radical (unpaired) electrons. The average molecular weight is 366 g/mol. The lowest BCUT2D eigenvalue weighted by molar-refractivity contribution is -0.136. The van der Waals surface area contributed by atoms with E-state index in [1.54, 1.807) is 24.3 Å². The number of hydrogen-bond acceptors (Lipinski definition) is 6. The van der Waals surface area contributed by atoms with Crippen molar-refractivity contribution in [1.29, 1.82) is 5.26 Å². The van der Waals surface area contributed by atoms with Crippen molar-refractivity contribution in [3.8, 4) is 16.6 Å². The predicted octanol–water partition coefficient (Wildman–Crippen LogP) is 2.61. The monoisotopic (exact) mass is 366 g/mol. The minimum absolute atomic E-state index is 0.0264. The molecule has 3 N–H and O–H groups in total. The fraction of sp³-hybridized carbons (Fsp3) is 0.111. The molecule has 0 fully saturated rings. The first kappa shape index (κ1) is 17.4. The largest absolute Gasteiger partial charge is 0.481 e. The van der Waals surface area contributed by atoms with E-state index < -0.39 is 11.5 Å². The summed E-state index contributed by atoms with van der Waals surface area (Å²) in [4.78, 5) is 30.6. The topological polar surface area (TPSA) is 119 Å². The molecule has 0 atom stereocenters. The minimum atomic E-state index is -0.895. The van der Waals surface area contributed by atoms with Gasteiger partial charge in [-0.25, -0.2) is 4.98 Å². The first-order valence-corrected chi connectivity index (χ1v) is 8.56. The number of carbonyl (C=O) groups is 1. The third-order valence-electron chi connectivity index (χ3n) is 3.59. The van der Waals surface area contributed by atoms with Gasteiger partial charge in [0, 0.05) is 6.54 Å². The van der Waals surface area contributed by atoms with Crippen molar-refractivity contribution < 1.29 is 9.90 Å². The number of nitrogens with zero attached hydrogens (tertiary/aromatic N) is 2. The average Bonchev–Trinajstić information content (AvgIpc) is 3.14. The molecule has 0 aliphatic heterocycles. The molecule has 0 saturated carbocycles. The second kappa shape index (κ2) is 7.63. The maximum absolute atomic E-state index is 12.2. The summed E-state index contributed by atoms with van der Waals surface area (Å²) in [6, 6.07) is 12.7. The maximum atomic E-state index is 12.2. The zero-order valence-corrected chi connectivity index (χ0v) is 14.3. The highest BCUT2D eigenvalue weighted by atomic mass is 32.1. The van der Waals surface area contributed by atoms with E-state index in [-0.39, 0.29) is 17.9 Å². The standard InChI is InChI=1S/C18H14N4O3S/c19-9-13-16(14-5-2-6-26-14)21-18(22-17(13)25)20-10-12-4-1-3-11(7-12)8-15(23)24/h1-7H,8,10H2,(H,23,24)(H2,20,21,22,25). The van der Waals surface area contributed by atoms with Crippen molar-refractivity contribution in [2.24, 2.45) is 0 Å². The smallest absolute Gasteiger partial charge is 0.307 e. The van der Waals surface area contributed by atoms with E-state index in [2.05, 4.69) is 15.3 Å². The van der Waals surface area contributed by atoms with Gasteiger partial charge in [0.05, 0.1) is 11.3 Å². The molecule has 0 amide bonds. The molecule has 3 aromatic rings. The molecular weight excluding hydrogens is 352 g/mol. The van der Waals surface area contributed by atoms with Gasteiger partial charge in [0.1, 0.15) is 17.3 Å². The Morgan fingerprint density at radius 3 is 2.81 bits per heavy atom. The van der Waals surface area contributed by atoms with Crippen LogP contribution in [0.25, 0.3) is 10.6 Å². The third kappa shape index (κ3) is 3.96. The Bertz CT molecular complexity index is 1040. The van der Waals surface area contributed by atoms with Gasteiger partial charge in [0.25, 0.3) is 5.56 Å². The van der Waals surface area contributed by atoms with Gasteiger partial charge < -0.3 is 10.4 Å². The zero-order chi connectivity index (χ0) is 18.5. The van der Waals surface area contributed by atoms with Gasteiger partial charge in [-0.05, 0) is 22.6 Å². The van der Waals surface area contributed by atoms with Crippen LogP contribution in [0.1, 0.15) is 16.7 Å². The Hall–Kier alpha value is -3.44. The van der Waals surface area contributed by atoms with Gasteiger partial charge in [-0.15, -0.1) is 11.3 Å². The number of nitrogens with one attached hydrogen (secondary N) is 2. The number of carboxylic acid groups (broad SMARTS) is 1. The summed E-state index contributed by atoms with van der Waals surface area (Å²) in [6.07, 6.45) is -0.0533. The first-order valence-electron chi connectivity index (χ1n) is 7.68. The van der Waals surface area contributed by atoms with E-state index in [9.17, 15) is 14.9 Å². The summed E-state index contributed by atoms with van der Waals surface area (Å²) >= 11 is 1.40. The number of rotatable bonds is 6. The molecule has 0 bridgehead atoms. The third-order valence-corrected chi connectivity index (χ3v) is 4.47. The summed E-state index contributed by atoms with van der Waals surface area (Å²) in [7, 11) is 0. The van der Waals surface area contributed by atoms with Crippen LogP contribution >= 0.6 is 11.3 Å². The van der Waals surface area contributed by atoms with Crippen LogP contribution in [0.15, 0.2) is 46.6 Å². The Balaban J connectivity index is 1.84. The Morgan fingerprint density at radius 2 is 2.12 bits per heavy atom. The Kier molecular flexibility index (Phi) is 5.10. The second-order valence-electron chi connectivity index (χ2n) is 5.47. The predicted molar refractivity (Wildman–Crippen MR) is 98.0 cm³/mol. The Morgan fingerprint density at radius 1 is 1.31 bits per heavy atom. The van der Waals surface area contributed by atoms with E-state index in [4.69, 9.17) is 5.11 Å². The number of carboxylic acids is 1. The van der Waals surface area contributed by atoms with Gasteiger partial charge in [-0.1, -0.05) is 30.3 Å². The molecule has 2 aromatic heterocycles. The van der Waals surface area contributed by atoms with Crippen molar-refractivity contribution >= 4 is 23.3 Å². The fourth-order valence-electron chi connectivity index (χ4n) is 2.46. The normalized spacial score (nSPS) is 10.3. The molecule has 130 valence electrons. The van der Waals surface area contributed by atoms with Crippen LogP contribution in [0, 0.1) is 11.3 Å². The molecule has 1 aromatic carbocycles. The molecular formula is C18H14N4O3S. The van der Waals surface area contributed by atoms with Gasteiger partial charge in [-0.3, -0.25) is 14.6 Å². The van der Waals surface area contributed by atoms with Crippen LogP contribution in [0.2, 0.25) is 0 Å². The number of H-pyrrole nitrogens is 1. The minimum Gasteiger partial charge on any atom is -0.481 e. The highest BCUT2D eigenvalue weighted by Gasteiger charge is 2.14. The number of hydrogen-bond donors (Lipinski definition) is 3. The van der Waals surface area contributed by atoms with Gasteiger partial charge in [0.2, 0.25) is 5.95 Å². The molecule has 0 saturated heterocycles. The second-order valence-corrected chi connectivity index (χ2v) is 6.42. The van der Waals surface area contributed by atoms with E-state index in [1.807, 2.05) is 23.6 Å². The summed E-state index contributed by atoms with van der Waals surface area (Å²) in [6.45, 7) is 0.353. The molecule has 7 nitrogen and oxygen atoms in total. The van der Waals surface area contributed by atoms with E-state index >= 15 is 0 Å². The lowest BCUT2D eigenvalue weighted by atomic mass is 10.1. The van der Waals surface area contributed by atoms with Crippen LogP contribution in [0.3, 0.4) is 0 Å². The van der Waals surface area contributed by atoms with Crippen LogP contribution < -0.4 is 10.9 Å². The zero-order valence-electron chi connectivity index (χ0n) is 13.5. The van der Waals surface area contributed by atoms with Crippen molar-refractivity contribution in [3.63, 3.8) is 0 Å². The number of aromatic amines is 1. The summed E-state index contributed by atoms with van der Waals surface area (Å²) in [5.41, 5.74) is 1.36. The molecule has 0 spiro atoms. The molecule has 0 unspecified atom stereocenters. The molecule has 0 aliphatic carbocycles. The fourth-order valence-corrected chi connectivity index (χ4v) is 3.18. The number of anilines is 1. The Labute approximate surface area is 152 Å². The van der Waals surface area contributed by atoms with Crippen molar-refractivity contribution in [3.05, 3.63) is 68.8 Å². The lowest BCUT2D eigenvalue weighted by Gasteiger charge is -2.09. The quantitative estimate of drug-likeness (QED) is 0.617. The molecule has 0 aliphatic rings. The molecule has 3 rings (SSSR count). The van der Waals surface area contributed by atoms with Gasteiger partial charge >= 0.3 is 5.97 Å². The number of nitriles is 1. The highest BCUT2D eigenvalue weighted by molar-refractivity contribution is 7.13. The van der Waals surface area contributed by atoms with Gasteiger partial charge in [-0.2, -0.15) is 5.26 Å². The number of aromatic nitrogens is 2. The van der Waals surface area contributed by atoms with E-state index in [1.165, 1.54) is 11.3 Å². The number of aliphatic carboxylic acids is 1. The number of benzene rings is 1. The van der Waals surface area contributed by atoms with E-state index in [0.717, 1.165) is 10.4 Å². The molecule has 2 heterocycles. The lowest BCUT2D eigenvalue weighted by Crippen LogP contribution is -2.17. The maximum Gasteiger partial charge on any atom is 0.307 e. The van der Waals surface area contributed by atoms with Crippen molar-refractivity contribution in [1.82, 2.24) is 9.97 Å². The summed E-state index contributed by atoms with van der Waals surface area (Å²) in [5, 5.41) is 23.0. The highest BCUT2D eigenvalue weighted by Crippen LogP contribution is 2.25. The van der Waals surface area contributed by atoms with E-state index in [0.29, 0.717) is 17.8 Å². The van der Waals surface area contributed by atoms with Crippen LogP contribution in [-0.2, 0) is 17.8 Å². The summed E-state index contributed by atoms with van der Waals surface area (Å²) in [5.74, 6) is -0.644. The van der Waals surface area contributed by atoms with Gasteiger partial charge in [0.15, 0.2) is 0 Å². The van der Waals surface area contributed by atoms with Crippen molar-refractivity contribution in [2.75, 3.05) is 5.32 Å². The first-order chi connectivity index (χ1) is 12.6. The SMILES string of the molecule is N#Cc1c(-c2cccs2)nc(NCc2cccc(CC(=O)O)c2)[nH]c1=O. The van der Waals surface area contributed by atoms with Crippen molar-refractivity contribution in [2.45, 2.75) is 13.0 Å². The molecule has 26 heavy (non-hydrogen) atoms. The van der Waals surface area contributed by atoms with Crippen LogP contribution in [0.5, 0.6) is 0 Å².